The van der Waals surface area contributed by atoms with E-state index in [-0.39, 0.29) is 12.5 Å². The minimum atomic E-state index is -0.215. The van der Waals surface area contributed by atoms with Crippen molar-refractivity contribution in [3.8, 4) is 5.75 Å². The zero-order valence-corrected chi connectivity index (χ0v) is 12.2. The van der Waals surface area contributed by atoms with E-state index in [1.54, 1.807) is 18.2 Å². The van der Waals surface area contributed by atoms with Gasteiger partial charge in [0, 0.05) is 10.7 Å². The van der Waals surface area contributed by atoms with E-state index < -0.39 is 0 Å². The molecule has 0 aromatic heterocycles. The third-order valence-corrected chi connectivity index (χ3v) is 3.17. The first kappa shape index (κ1) is 13.9. The van der Waals surface area contributed by atoms with Gasteiger partial charge in [0.05, 0.1) is 4.47 Å². The molecule has 98 valence electrons. The first-order chi connectivity index (χ1) is 9.15. The number of para-hydroxylation sites is 1. The summed E-state index contributed by atoms with van der Waals surface area (Å²) in [6.45, 7) is -0.0604. The molecule has 0 heterocycles. The van der Waals surface area contributed by atoms with E-state index in [4.69, 9.17) is 16.3 Å². The molecule has 0 fully saturated rings. The summed E-state index contributed by atoms with van der Waals surface area (Å²) in [7, 11) is 0. The molecular weight excluding hydrogens is 330 g/mol. The molecular formula is C14H11BrClNO2. The maximum Gasteiger partial charge on any atom is 0.262 e. The van der Waals surface area contributed by atoms with Gasteiger partial charge in [-0.15, -0.1) is 0 Å². The predicted octanol–water partition coefficient (Wildman–Crippen LogP) is 4.12. The second-order valence-corrected chi connectivity index (χ2v) is 5.07. The first-order valence-corrected chi connectivity index (χ1v) is 6.75. The zero-order valence-electron chi connectivity index (χ0n) is 9.90. The number of hydrogen-bond donors (Lipinski definition) is 1. The van der Waals surface area contributed by atoms with Gasteiger partial charge in [-0.25, -0.2) is 0 Å². The molecule has 2 rings (SSSR count). The number of ether oxygens (including phenoxy) is 1. The average Bonchev–Trinajstić information content (AvgIpc) is 2.39. The lowest BCUT2D eigenvalue weighted by Crippen LogP contribution is -2.20. The second-order valence-electron chi connectivity index (χ2n) is 3.78. The van der Waals surface area contributed by atoms with E-state index in [0.29, 0.717) is 15.2 Å². The van der Waals surface area contributed by atoms with Crippen molar-refractivity contribution < 1.29 is 9.53 Å². The molecule has 0 saturated heterocycles. The standard InChI is InChI=1S/C14H11BrClNO2/c15-12-8-10(16)6-7-13(12)19-9-14(18)17-11-4-2-1-3-5-11/h1-8H,9H2,(H,17,18). The topological polar surface area (TPSA) is 38.3 Å². The van der Waals surface area contributed by atoms with Crippen LogP contribution in [0.15, 0.2) is 53.0 Å². The van der Waals surface area contributed by atoms with Crippen LogP contribution in [-0.2, 0) is 4.79 Å². The Bertz CT molecular complexity index is 575. The van der Waals surface area contributed by atoms with Crippen LogP contribution in [0.4, 0.5) is 5.69 Å². The van der Waals surface area contributed by atoms with Crippen LogP contribution in [0.25, 0.3) is 0 Å². The van der Waals surface area contributed by atoms with Crippen molar-refractivity contribution in [1.29, 1.82) is 0 Å². The number of amides is 1. The lowest BCUT2D eigenvalue weighted by Gasteiger charge is -2.09. The van der Waals surface area contributed by atoms with Crippen LogP contribution in [0, 0.1) is 0 Å². The fourth-order valence-electron chi connectivity index (χ4n) is 1.45. The van der Waals surface area contributed by atoms with Gasteiger partial charge in [-0.3, -0.25) is 4.79 Å². The molecule has 1 amide bonds. The molecule has 19 heavy (non-hydrogen) atoms. The van der Waals surface area contributed by atoms with Crippen LogP contribution in [0.1, 0.15) is 0 Å². The number of carbonyl (C=O) groups excluding carboxylic acids is 1. The highest BCUT2D eigenvalue weighted by molar-refractivity contribution is 9.10. The number of benzene rings is 2. The molecule has 2 aromatic carbocycles. The predicted molar refractivity (Wildman–Crippen MR) is 79.7 cm³/mol. The van der Waals surface area contributed by atoms with Crippen molar-refractivity contribution in [3.63, 3.8) is 0 Å². The van der Waals surface area contributed by atoms with Crippen LogP contribution < -0.4 is 10.1 Å². The van der Waals surface area contributed by atoms with Crippen LogP contribution in [0.3, 0.4) is 0 Å². The summed E-state index contributed by atoms with van der Waals surface area (Å²) >= 11 is 9.15. The maximum atomic E-state index is 11.7. The molecule has 0 aliphatic heterocycles. The lowest BCUT2D eigenvalue weighted by molar-refractivity contribution is -0.118. The molecule has 2 aromatic rings. The molecule has 0 saturated carbocycles. The minimum Gasteiger partial charge on any atom is -0.483 e. The summed E-state index contributed by atoms with van der Waals surface area (Å²) in [4.78, 5) is 11.7. The summed E-state index contributed by atoms with van der Waals surface area (Å²) in [5.41, 5.74) is 0.742. The minimum absolute atomic E-state index is 0.0604. The Balaban J connectivity index is 1.90. The molecule has 0 aliphatic rings. The van der Waals surface area contributed by atoms with Gasteiger partial charge in [0.2, 0.25) is 0 Å². The molecule has 0 spiro atoms. The van der Waals surface area contributed by atoms with E-state index in [9.17, 15) is 4.79 Å². The maximum absolute atomic E-state index is 11.7. The summed E-state index contributed by atoms with van der Waals surface area (Å²) in [6.07, 6.45) is 0. The Morgan fingerprint density at radius 1 is 1.21 bits per heavy atom. The highest BCUT2D eigenvalue weighted by Crippen LogP contribution is 2.27. The number of halogens is 2. The van der Waals surface area contributed by atoms with Crippen molar-refractivity contribution in [2.24, 2.45) is 0 Å². The molecule has 3 nitrogen and oxygen atoms in total. The lowest BCUT2D eigenvalue weighted by atomic mass is 10.3. The average molecular weight is 341 g/mol. The monoisotopic (exact) mass is 339 g/mol. The van der Waals surface area contributed by atoms with Gasteiger partial charge in [-0.05, 0) is 46.3 Å². The fraction of sp³-hybridized carbons (Fsp3) is 0.0714. The number of rotatable bonds is 4. The van der Waals surface area contributed by atoms with Crippen LogP contribution in [0.2, 0.25) is 5.02 Å². The van der Waals surface area contributed by atoms with Gasteiger partial charge < -0.3 is 10.1 Å². The quantitative estimate of drug-likeness (QED) is 0.909. The smallest absolute Gasteiger partial charge is 0.262 e. The van der Waals surface area contributed by atoms with Gasteiger partial charge in [-0.2, -0.15) is 0 Å². The van der Waals surface area contributed by atoms with Gasteiger partial charge in [0.1, 0.15) is 5.75 Å². The van der Waals surface area contributed by atoms with Gasteiger partial charge in [0.15, 0.2) is 6.61 Å². The van der Waals surface area contributed by atoms with E-state index in [1.165, 1.54) is 0 Å². The molecule has 0 bridgehead atoms. The van der Waals surface area contributed by atoms with Crippen LogP contribution in [0.5, 0.6) is 5.75 Å². The Morgan fingerprint density at radius 2 is 1.95 bits per heavy atom. The second kappa shape index (κ2) is 6.59. The van der Waals surface area contributed by atoms with E-state index in [2.05, 4.69) is 21.2 Å². The third-order valence-electron chi connectivity index (χ3n) is 2.31. The van der Waals surface area contributed by atoms with Crippen molar-refractivity contribution in [2.75, 3.05) is 11.9 Å². The van der Waals surface area contributed by atoms with Crippen molar-refractivity contribution in [3.05, 3.63) is 58.0 Å². The largest absolute Gasteiger partial charge is 0.483 e. The molecule has 5 heteroatoms. The van der Waals surface area contributed by atoms with Gasteiger partial charge >= 0.3 is 0 Å². The number of carbonyl (C=O) groups is 1. The number of anilines is 1. The summed E-state index contributed by atoms with van der Waals surface area (Å²) < 4.78 is 6.12. The molecule has 0 aliphatic carbocycles. The molecule has 1 N–H and O–H groups in total. The normalized spacial score (nSPS) is 10.0. The van der Waals surface area contributed by atoms with Crippen LogP contribution >= 0.6 is 27.5 Å². The van der Waals surface area contributed by atoms with Crippen molar-refractivity contribution in [2.45, 2.75) is 0 Å². The zero-order chi connectivity index (χ0) is 13.7. The fourth-order valence-corrected chi connectivity index (χ4v) is 2.25. The van der Waals surface area contributed by atoms with Crippen LogP contribution in [-0.4, -0.2) is 12.5 Å². The first-order valence-electron chi connectivity index (χ1n) is 5.58. The Labute approximate surface area is 124 Å². The molecule has 0 unspecified atom stereocenters. The summed E-state index contributed by atoms with van der Waals surface area (Å²) in [6, 6.07) is 14.4. The van der Waals surface area contributed by atoms with Crippen molar-refractivity contribution >= 4 is 39.1 Å². The summed E-state index contributed by atoms with van der Waals surface area (Å²) in [5.74, 6) is 0.362. The number of nitrogens with one attached hydrogen (secondary N) is 1. The van der Waals surface area contributed by atoms with Gasteiger partial charge in [-0.1, -0.05) is 29.8 Å². The summed E-state index contributed by atoms with van der Waals surface area (Å²) in [5, 5.41) is 3.34. The Hall–Kier alpha value is -1.52. The highest BCUT2D eigenvalue weighted by atomic mass is 79.9. The van der Waals surface area contributed by atoms with Crippen molar-refractivity contribution in [1.82, 2.24) is 0 Å². The molecule has 0 atom stereocenters. The van der Waals surface area contributed by atoms with E-state index >= 15 is 0 Å². The van der Waals surface area contributed by atoms with E-state index in [0.717, 1.165) is 5.69 Å². The third kappa shape index (κ3) is 4.26. The number of hydrogen-bond acceptors (Lipinski definition) is 2. The highest BCUT2D eigenvalue weighted by Gasteiger charge is 2.06. The molecule has 0 radical (unpaired) electrons. The van der Waals surface area contributed by atoms with E-state index in [1.807, 2.05) is 30.3 Å². The Kier molecular flexibility index (Phi) is 4.82. The SMILES string of the molecule is O=C(COc1ccc(Cl)cc1Br)Nc1ccccc1. The Morgan fingerprint density at radius 3 is 2.63 bits per heavy atom. The van der Waals surface area contributed by atoms with Gasteiger partial charge in [0.25, 0.3) is 5.91 Å².